The van der Waals surface area contributed by atoms with Gasteiger partial charge in [0, 0.05) is 18.7 Å². The number of rotatable bonds is 9. The lowest BCUT2D eigenvalue weighted by Gasteiger charge is -2.21. The van der Waals surface area contributed by atoms with Crippen molar-refractivity contribution in [1.29, 1.82) is 0 Å². The van der Waals surface area contributed by atoms with Gasteiger partial charge in [0.2, 0.25) is 11.7 Å². The molecular weight excluding hydrogens is 379 g/mol. The molecule has 156 valence electrons. The summed E-state index contributed by atoms with van der Waals surface area (Å²) in [7, 11) is 4.37. The van der Waals surface area contributed by atoms with Gasteiger partial charge < -0.3 is 24.4 Å². The molecule has 0 unspecified atom stereocenters. The molecule has 0 bridgehead atoms. The summed E-state index contributed by atoms with van der Waals surface area (Å²) in [5.41, 5.74) is 0.941. The van der Waals surface area contributed by atoms with Gasteiger partial charge in [-0.05, 0) is 36.8 Å². The molecule has 2 aromatic rings. The van der Waals surface area contributed by atoms with Crippen molar-refractivity contribution in [2.45, 2.75) is 13.5 Å². The molecule has 0 aliphatic carbocycles. The van der Waals surface area contributed by atoms with Crippen LogP contribution in [0.1, 0.15) is 22.8 Å². The topological polar surface area (TPSA) is 77.1 Å². The van der Waals surface area contributed by atoms with Crippen LogP contribution in [0.2, 0.25) is 0 Å². The number of nitrogens with zero attached hydrogens (tertiary/aromatic N) is 1. The van der Waals surface area contributed by atoms with Gasteiger partial charge in [0.1, 0.15) is 5.82 Å². The molecule has 2 rings (SSSR count). The number of carbonyl (C=O) groups is 2. The average Bonchev–Trinajstić information content (AvgIpc) is 2.74. The van der Waals surface area contributed by atoms with Crippen molar-refractivity contribution in [3.8, 4) is 17.2 Å². The van der Waals surface area contributed by atoms with Gasteiger partial charge in [0.25, 0.3) is 5.91 Å². The van der Waals surface area contributed by atoms with Crippen molar-refractivity contribution >= 4 is 11.8 Å². The van der Waals surface area contributed by atoms with E-state index < -0.39 is 5.91 Å². The summed E-state index contributed by atoms with van der Waals surface area (Å²) < 4.78 is 29.1. The Morgan fingerprint density at radius 2 is 1.69 bits per heavy atom. The van der Waals surface area contributed by atoms with Crippen LogP contribution < -0.4 is 19.5 Å². The molecule has 0 atom stereocenters. The van der Waals surface area contributed by atoms with Gasteiger partial charge in [-0.2, -0.15) is 0 Å². The van der Waals surface area contributed by atoms with Gasteiger partial charge >= 0.3 is 0 Å². The first-order valence-corrected chi connectivity index (χ1v) is 9.03. The summed E-state index contributed by atoms with van der Waals surface area (Å²) in [6, 6.07) is 9.07. The quantitative estimate of drug-likeness (QED) is 0.695. The molecule has 0 aliphatic heterocycles. The number of amides is 2. The molecule has 0 aliphatic rings. The summed E-state index contributed by atoms with van der Waals surface area (Å²) in [4.78, 5) is 26.5. The molecule has 8 heteroatoms. The molecule has 0 fully saturated rings. The second-order valence-corrected chi connectivity index (χ2v) is 6.13. The summed E-state index contributed by atoms with van der Waals surface area (Å²) in [5, 5.41) is 2.59. The Kier molecular flexibility index (Phi) is 7.82. The zero-order valence-electron chi connectivity index (χ0n) is 17.0. The molecule has 0 spiro atoms. The highest BCUT2D eigenvalue weighted by Crippen LogP contribution is 2.38. The number of nitrogens with one attached hydrogen (secondary N) is 1. The van der Waals surface area contributed by atoms with E-state index in [-0.39, 0.29) is 30.4 Å². The third-order valence-corrected chi connectivity index (χ3v) is 4.32. The van der Waals surface area contributed by atoms with Crippen molar-refractivity contribution in [2.24, 2.45) is 0 Å². The predicted molar refractivity (Wildman–Crippen MR) is 106 cm³/mol. The molecule has 0 heterocycles. The molecule has 29 heavy (non-hydrogen) atoms. The summed E-state index contributed by atoms with van der Waals surface area (Å²) in [6.07, 6.45) is 0. The van der Waals surface area contributed by atoms with Crippen LogP contribution in [-0.4, -0.2) is 51.1 Å². The Labute approximate surface area is 169 Å². The molecule has 0 saturated carbocycles. The van der Waals surface area contributed by atoms with E-state index in [4.69, 9.17) is 14.2 Å². The third-order valence-electron chi connectivity index (χ3n) is 4.32. The number of benzene rings is 2. The minimum atomic E-state index is -0.459. The molecule has 2 aromatic carbocycles. The van der Waals surface area contributed by atoms with Gasteiger partial charge in [-0.15, -0.1) is 0 Å². The number of likely N-dealkylation sites (N-methyl/N-ethyl adjacent to an activating group) is 1. The molecular formula is C21H25FN2O5. The minimum absolute atomic E-state index is 0.196. The second-order valence-electron chi connectivity index (χ2n) is 6.13. The van der Waals surface area contributed by atoms with Gasteiger partial charge in [0.05, 0.1) is 27.9 Å². The van der Waals surface area contributed by atoms with Gasteiger partial charge in [0.15, 0.2) is 11.5 Å². The molecule has 0 radical (unpaired) electrons. The van der Waals surface area contributed by atoms with Crippen molar-refractivity contribution in [3.63, 3.8) is 0 Å². The highest BCUT2D eigenvalue weighted by molar-refractivity contribution is 5.97. The van der Waals surface area contributed by atoms with Crippen LogP contribution in [0.5, 0.6) is 17.2 Å². The fourth-order valence-corrected chi connectivity index (χ4v) is 2.81. The number of halogens is 1. The second kappa shape index (κ2) is 10.3. The summed E-state index contributed by atoms with van der Waals surface area (Å²) in [5.74, 6) is -0.0530. The summed E-state index contributed by atoms with van der Waals surface area (Å²) in [6.45, 7) is 2.30. The van der Waals surface area contributed by atoms with Crippen LogP contribution in [-0.2, 0) is 11.3 Å². The maximum absolute atomic E-state index is 13.4. The van der Waals surface area contributed by atoms with E-state index in [1.807, 2.05) is 6.92 Å². The Hall–Kier alpha value is -3.29. The van der Waals surface area contributed by atoms with Crippen molar-refractivity contribution in [3.05, 3.63) is 53.3 Å². The lowest BCUT2D eigenvalue weighted by Crippen LogP contribution is -2.39. The largest absolute Gasteiger partial charge is 0.493 e. The van der Waals surface area contributed by atoms with E-state index >= 15 is 0 Å². The molecule has 1 N–H and O–H groups in total. The van der Waals surface area contributed by atoms with Crippen LogP contribution in [0.4, 0.5) is 4.39 Å². The Morgan fingerprint density at radius 3 is 2.21 bits per heavy atom. The van der Waals surface area contributed by atoms with E-state index in [1.54, 1.807) is 12.1 Å². The smallest absolute Gasteiger partial charge is 0.251 e. The fraction of sp³-hybridized carbons (Fsp3) is 0.333. The Morgan fingerprint density at radius 1 is 1.03 bits per heavy atom. The van der Waals surface area contributed by atoms with Crippen molar-refractivity contribution < 1.29 is 28.2 Å². The lowest BCUT2D eigenvalue weighted by molar-refractivity contribution is -0.130. The minimum Gasteiger partial charge on any atom is -0.493 e. The van der Waals surface area contributed by atoms with Gasteiger partial charge in [-0.3, -0.25) is 9.59 Å². The molecule has 0 saturated heterocycles. The highest BCUT2D eigenvalue weighted by atomic mass is 19.1. The number of ether oxygens (including phenoxy) is 3. The van der Waals surface area contributed by atoms with E-state index in [2.05, 4.69) is 5.32 Å². The normalized spacial score (nSPS) is 10.2. The zero-order valence-corrected chi connectivity index (χ0v) is 17.0. The standard InChI is InChI=1S/C21H25FN2O5/c1-5-24(13-14-7-6-8-16(22)9-14)19(25)12-23-21(26)15-10-17(27-2)20(29-4)18(11-15)28-3/h6-11H,5,12-13H2,1-4H3,(H,23,26). The van der Waals surface area contributed by atoms with Crippen molar-refractivity contribution in [2.75, 3.05) is 34.4 Å². The van der Waals surface area contributed by atoms with E-state index in [0.29, 0.717) is 29.4 Å². The fourth-order valence-electron chi connectivity index (χ4n) is 2.81. The van der Waals surface area contributed by atoms with Gasteiger partial charge in [-0.1, -0.05) is 12.1 Å². The predicted octanol–water partition coefficient (Wildman–Crippen LogP) is 2.63. The number of hydrogen-bond acceptors (Lipinski definition) is 5. The molecule has 2 amide bonds. The van der Waals surface area contributed by atoms with E-state index in [9.17, 15) is 14.0 Å². The highest BCUT2D eigenvalue weighted by Gasteiger charge is 2.19. The van der Waals surface area contributed by atoms with E-state index in [0.717, 1.165) is 0 Å². The van der Waals surface area contributed by atoms with Crippen LogP contribution in [0, 0.1) is 5.82 Å². The summed E-state index contributed by atoms with van der Waals surface area (Å²) >= 11 is 0. The zero-order chi connectivity index (χ0) is 21.4. The first kappa shape index (κ1) is 22.0. The number of carbonyl (C=O) groups excluding carboxylic acids is 2. The van der Waals surface area contributed by atoms with Crippen LogP contribution in [0.3, 0.4) is 0 Å². The van der Waals surface area contributed by atoms with E-state index in [1.165, 1.54) is 50.5 Å². The maximum atomic E-state index is 13.4. The number of hydrogen-bond donors (Lipinski definition) is 1. The first-order chi connectivity index (χ1) is 13.9. The van der Waals surface area contributed by atoms with Crippen molar-refractivity contribution in [1.82, 2.24) is 10.2 Å². The number of methoxy groups -OCH3 is 3. The molecule has 7 nitrogen and oxygen atoms in total. The van der Waals surface area contributed by atoms with Crippen LogP contribution in [0.15, 0.2) is 36.4 Å². The maximum Gasteiger partial charge on any atom is 0.251 e. The first-order valence-electron chi connectivity index (χ1n) is 9.03. The molecule has 0 aromatic heterocycles. The lowest BCUT2D eigenvalue weighted by atomic mass is 10.1. The monoisotopic (exact) mass is 404 g/mol. The Balaban J connectivity index is 2.06. The SMILES string of the molecule is CCN(Cc1cccc(F)c1)C(=O)CNC(=O)c1cc(OC)c(OC)c(OC)c1. The average molecular weight is 404 g/mol. The third kappa shape index (κ3) is 5.60. The Bertz CT molecular complexity index is 847. The van der Waals surface area contributed by atoms with Crippen LogP contribution >= 0.6 is 0 Å². The van der Waals surface area contributed by atoms with Gasteiger partial charge in [-0.25, -0.2) is 4.39 Å². The van der Waals surface area contributed by atoms with Crippen LogP contribution in [0.25, 0.3) is 0 Å².